The van der Waals surface area contributed by atoms with Gasteiger partial charge in [-0.15, -0.1) is 0 Å². The zero-order valence-electron chi connectivity index (χ0n) is 49.9. The molecule has 5 nitrogen and oxygen atoms in total. The Labute approximate surface area is 440 Å². The van der Waals surface area contributed by atoms with Gasteiger partial charge >= 0.3 is 6.09 Å². The summed E-state index contributed by atoms with van der Waals surface area (Å²) < 4.78 is 19.5. The molecule has 0 saturated carbocycles. The van der Waals surface area contributed by atoms with E-state index < -0.39 is 5.79 Å². The summed E-state index contributed by atoms with van der Waals surface area (Å²) in [5.74, 6) is -0.606. The molecular weight excluding hydrogens is 859 g/mol. The molecule has 1 amide bonds. The monoisotopic (exact) mass is 984 g/mol. The largest absolute Gasteiger partial charge is 0.448 e. The first-order valence-electron chi connectivity index (χ1n) is 30.5. The molecule has 1 heterocycles. The maximum atomic E-state index is 13.7. The van der Waals surface area contributed by atoms with E-state index in [9.17, 15) is 4.79 Å². The predicted molar refractivity (Wildman–Crippen MR) is 316 cm³/mol. The summed E-state index contributed by atoms with van der Waals surface area (Å²) in [6.07, 6.45) is 58.9. The fraction of sp³-hybridized carbons (Fsp3) is 0.800. The quantitative estimate of drug-likeness (QED) is 0.0269. The molecule has 414 valence electrons. The molecule has 0 bridgehead atoms. The molecule has 70 heavy (non-hydrogen) atoms. The van der Waals surface area contributed by atoms with Crippen molar-refractivity contribution in [3.05, 3.63) is 71.9 Å². The zero-order chi connectivity index (χ0) is 53.0. The Morgan fingerprint density at radius 1 is 0.543 bits per heavy atom. The number of ether oxygens (including phenoxy) is 3. The number of unbranched alkanes of at least 4 members (excludes halogenated alkanes) is 18. The van der Waals surface area contributed by atoms with Crippen molar-refractivity contribution in [2.24, 2.45) is 5.92 Å². The Morgan fingerprint density at radius 2 is 1.03 bits per heavy atom. The highest BCUT2D eigenvalue weighted by Crippen LogP contribution is 2.30. The molecule has 0 N–H and O–H groups in total. The third-order valence-electron chi connectivity index (χ3n) is 12.4. The van der Waals surface area contributed by atoms with Crippen LogP contribution < -0.4 is 0 Å². The number of hydrogen-bond donors (Lipinski definition) is 0. The highest BCUT2D eigenvalue weighted by molar-refractivity contribution is 5.67. The van der Waals surface area contributed by atoms with Gasteiger partial charge < -0.3 is 19.1 Å². The Bertz CT molecular complexity index is 1210. The third kappa shape index (κ3) is 47.9. The molecule has 0 spiro atoms. The van der Waals surface area contributed by atoms with E-state index in [4.69, 9.17) is 14.2 Å². The number of carbonyl (C=O) groups excluding carboxylic acids is 1. The van der Waals surface area contributed by atoms with E-state index >= 15 is 0 Å². The number of hydrogen-bond acceptors (Lipinski definition) is 4. The van der Waals surface area contributed by atoms with Gasteiger partial charge in [-0.2, -0.15) is 0 Å². The molecular formula is C65H125NO4. The Balaban J connectivity index is -0.000000965. The van der Waals surface area contributed by atoms with Gasteiger partial charge in [0, 0.05) is 31.8 Å². The first-order valence-corrected chi connectivity index (χ1v) is 30.5. The standard InChI is InChI=1S/C46H81NO4.C9H18.C6H14.2C2H6/c1-7-13-16-18-20-21-22-24-26-31-40-51-46(50-39-30-25-23-19-17-14-8-2)35-28-29-37-47(38-36-46)45(48)49-41-43(34-27-15-9-3)44(33-11-5)42(12-6)32-10-4;1-3-5-7-9-8-6-4-2;1-3-5-6-4-2;2*1-2/h9,11,13,15-16,27,33-34,43H,7-8,10,12,14,17-26,28-32,35-41H2,1-6H3;5,7H,3-4,6,8-9H2,1-2H3;3-6H2,1-2H3;2*1-2H3/b15-9-,16-13-,33-11-,34-27+,44-42-;7-5-;;;. The van der Waals surface area contributed by atoms with Crippen LogP contribution in [0.15, 0.2) is 71.9 Å². The number of carbonyl (C=O) groups is 1. The molecule has 5 heteroatoms. The van der Waals surface area contributed by atoms with Crippen molar-refractivity contribution in [2.45, 2.75) is 302 Å². The van der Waals surface area contributed by atoms with Crippen molar-refractivity contribution < 1.29 is 19.0 Å². The number of allylic oxidation sites excluding steroid dienone is 10. The fourth-order valence-corrected chi connectivity index (χ4v) is 8.30. The molecule has 0 aromatic heterocycles. The van der Waals surface area contributed by atoms with Crippen LogP contribution in [0.25, 0.3) is 0 Å². The molecule has 2 unspecified atom stereocenters. The van der Waals surface area contributed by atoms with Crippen molar-refractivity contribution in [1.82, 2.24) is 4.90 Å². The van der Waals surface area contributed by atoms with E-state index in [2.05, 4.69) is 111 Å². The second-order valence-electron chi connectivity index (χ2n) is 18.6. The predicted octanol–water partition coefficient (Wildman–Crippen LogP) is 22.2. The summed E-state index contributed by atoms with van der Waals surface area (Å²) in [7, 11) is 0. The molecule has 0 aromatic rings. The molecule has 0 aliphatic carbocycles. The van der Waals surface area contributed by atoms with Crippen LogP contribution >= 0.6 is 0 Å². The SMILES string of the molecule is C/C=C\C=C\C(COC(=O)N1CCCCC(OCCCCCCCCC)(OCCCCCCCC/C=C\CC)CC1)C(/C=C\C)=C(/CC)CCC.CC.CC.CC/C=C\CCCCC.CCCCCC. The molecule has 1 saturated heterocycles. The van der Waals surface area contributed by atoms with Crippen molar-refractivity contribution in [1.29, 1.82) is 0 Å². The molecule has 0 radical (unpaired) electrons. The van der Waals surface area contributed by atoms with Gasteiger partial charge in [-0.25, -0.2) is 4.79 Å². The molecule has 1 fully saturated rings. The second-order valence-corrected chi connectivity index (χ2v) is 18.6. The summed E-state index contributed by atoms with van der Waals surface area (Å²) in [4.78, 5) is 15.6. The zero-order valence-corrected chi connectivity index (χ0v) is 49.9. The Hall–Kier alpha value is -2.37. The van der Waals surface area contributed by atoms with Gasteiger partial charge in [0.25, 0.3) is 0 Å². The summed E-state index contributed by atoms with van der Waals surface area (Å²) in [5.41, 5.74) is 2.71. The van der Waals surface area contributed by atoms with Gasteiger partial charge in [0.2, 0.25) is 0 Å². The normalized spacial score (nSPS) is 15.9. The minimum absolute atomic E-state index is 0.0169. The fourth-order valence-electron chi connectivity index (χ4n) is 8.30. The minimum Gasteiger partial charge on any atom is -0.448 e. The lowest BCUT2D eigenvalue weighted by atomic mass is 9.90. The summed E-state index contributed by atoms with van der Waals surface area (Å²) >= 11 is 0. The maximum absolute atomic E-state index is 13.7. The van der Waals surface area contributed by atoms with Crippen LogP contribution in [0.4, 0.5) is 4.79 Å². The van der Waals surface area contributed by atoms with Crippen LogP contribution in [0.3, 0.4) is 0 Å². The lowest BCUT2D eigenvalue weighted by Crippen LogP contribution is -2.44. The summed E-state index contributed by atoms with van der Waals surface area (Å²) in [6, 6.07) is 0. The van der Waals surface area contributed by atoms with Gasteiger partial charge in [-0.1, -0.05) is 259 Å². The molecule has 2 atom stereocenters. The lowest BCUT2D eigenvalue weighted by Gasteiger charge is -2.38. The van der Waals surface area contributed by atoms with Crippen LogP contribution in [0.1, 0.15) is 296 Å². The van der Waals surface area contributed by atoms with Gasteiger partial charge in [0.05, 0.1) is 13.2 Å². The summed E-state index contributed by atoms with van der Waals surface area (Å²) in [5, 5.41) is 0. The highest BCUT2D eigenvalue weighted by atomic mass is 16.7. The smallest absolute Gasteiger partial charge is 0.409 e. The van der Waals surface area contributed by atoms with Crippen molar-refractivity contribution >= 4 is 6.09 Å². The van der Waals surface area contributed by atoms with Gasteiger partial charge in [0.1, 0.15) is 6.61 Å². The number of amides is 1. The van der Waals surface area contributed by atoms with Crippen LogP contribution in [-0.4, -0.2) is 49.7 Å². The van der Waals surface area contributed by atoms with E-state index in [0.717, 1.165) is 71.0 Å². The van der Waals surface area contributed by atoms with E-state index in [1.54, 1.807) is 0 Å². The maximum Gasteiger partial charge on any atom is 0.409 e. The average Bonchev–Trinajstić information content (AvgIpc) is 3.38. The van der Waals surface area contributed by atoms with Gasteiger partial charge in [-0.05, 0) is 96.5 Å². The van der Waals surface area contributed by atoms with E-state index in [1.165, 1.54) is 146 Å². The number of likely N-dealkylation sites (tertiary alicyclic amines) is 1. The van der Waals surface area contributed by atoms with Gasteiger partial charge in [-0.3, -0.25) is 0 Å². The Kier molecular flexibility index (Phi) is 66.5. The molecule has 1 rings (SSSR count). The lowest BCUT2D eigenvalue weighted by molar-refractivity contribution is -0.249. The van der Waals surface area contributed by atoms with Crippen LogP contribution in [0, 0.1) is 5.92 Å². The van der Waals surface area contributed by atoms with Crippen molar-refractivity contribution in [3.8, 4) is 0 Å². The van der Waals surface area contributed by atoms with Crippen LogP contribution in [-0.2, 0) is 14.2 Å². The van der Waals surface area contributed by atoms with E-state index in [1.807, 2.05) is 51.7 Å². The number of nitrogens with zero attached hydrogens (tertiary/aromatic N) is 1. The average molecular weight is 985 g/mol. The molecule has 1 aliphatic rings. The van der Waals surface area contributed by atoms with Gasteiger partial charge in [0.15, 0.2) is 5.79 Å². The Morgan fingerprint density at radius 3 is 1.51 bits per heavy atom. The minimum atomic E-state index is -0.622. The van der Waals surface area contributed by atoms with E-state index in [-0.39, 0.29) is 12.0 Å². The van der Waals surface area contributed by atoms with Crippen molar-refractivity contribution in [2.75, 3.05) is 32.9 Å². The first kappa shape index (κ1) is 74.2. The molecule has 0 aromatic carbocycles. The highest BCUT2D eigenvalue weighted by Gasteiger charge is 2.35. The topological polar surface area (TPSA) is 48.0 Å². The first-order chi connectivity index (χ1) is 34.3. The van der Waals surface area contributed by atoms with Crippen LogP contribution in [0.2, 0.25) is 0 Å². The number of rotatable bonds is 37. The van der Waals surface area contributed by atoms with Crippen molar-refractivity contribution in [3.63, 3.8) is 0 Å². The summed E-state index contributed by atoms with van der Waals surface area (Å²) in [6.45, 7) is 33.0. The third-order valence-corrected chi connectivity index (χ3v) is 12.4. The van der Waals surface area contributed by atoms with Crippen LogP contribution in [0.5, 0.6) is 0 Å². The molecule has 1 aliphatic heterocycles. The van der Waals surface area contributed by atoms with E-state index in [0.29, 0.717) is 26.1 Å². The second kappa shape index (κ2) is 62.7.